The minimum Gasteiger partial charge on any atom is -0.460 e. The van der Waals surface area contributed by atoms with Crippen molar-refractivity contribution in [3.63, 3.8) is 0 Å². The van der Waals surface area contributed by atoms with Crippen LogP contribution in [0.3, 0.4) is 0 Å². The molecule has 1 aromatic rings. The third-order valence-corrected chi connectivity index (χ3v) is 4.86. The van der Waals surface area contributed by atoms with E-state index in [1.807, 2.05) is 19.1 Å². The second-order valence-electron chi connectivity index (χ2n) is 7.52. The van der Waals surface area contributed by atoms with Crippen molar-refractivity contribution >= 4 is 5.97 Å². The van der Waals surface area contributed by atoms with E-state index < -0.39 is 18.3 Å². The van der Waals surface area contributed by atoms with Crippen molar-refractivity contribution in [2.45, 2.75) is 63.4 Å². The molecule has 0 aromatic heterocycles. The molecule has 1 heterocycles. The molecule has 0 spiro atoms. The Morgan fingerprint density at radius 2 is 1.70 bits per heavy atom. The number of hydrogen-bond acceptors (Lipinski definition) is 5. The monoisotopic (exact) mass is 412 g/mol. The van der Waals surface area contributed by atoms with E-state index >= 15 is 0 Å². The number of esters is 1. The first-order chi connectivity index (χ1) is 14.5. The van der Waals surface area contributed by atoms with Crippen LogP contribution in [0.15, 0.2) is 72.9 Å². The van der Waals surface area contributed by atoms with Crippen LogP contribution in [-0.2, 0) is 9.53 Å². The van der Waals surface area contributed by atoms with Crippen LogP contribution in [-0.4, -0.2) is 33.5 Å². The zero-order valence-electron chi connectivity index (χ0n) is 17.4. The van der Waals surface area contributed by atoms with Gasteiger partial charge in [-0.15, -0.1) is 0 Å². The van der Waals surface area contributed by atoms with Crippen LogP contribution in [0.4, 0.5) is 0 Å². The predicted octanol–water partition coefficient (Wildman–Crippen LogP) is 4.23. The lowest BCUT2D eigenvalue weighted by molar-refractivity contribution is -0.142. The van der Waals surface area contributed by atoms with E-state index in [2.05, 4.69) is 0 Å². The molecule has 5 nitrogen and oxygen atoms in total. The molecule has 1 aliphatic heterocycles. The van der Waals surface area contributed by atoms with Gasteiger partial charge in [-0.05, 0) is 43.7 Å². The zero-order valence-corrected chi connectivity index (χ0v) is 17.4. The number of cyclic esters (lactones) is 1. The van der Waals surface area contributed by atoms with E-state index in [0.29, 0.717) is 17.5 Å². The second kappa shape index (κ2) is 13.0. The molecule has 0 aliphatic carbocycles. The molecule has 5 heteroatoms. The molecule has 2 rings (SSSR count). The van der Waals surface area contributed by atoms with Crippen LogP contribution in [0.1, 0.15) is 62.4 Å². The van der Waals surface area contributed by atoms with Gasteiger partial charge in [0.05, 0.1) is 24.4 Å². The highest BCUT2D eigenvalue weighted by Crippen LogP contribution is 2.24. The lowest BCUT2D eigenvalue weighted by Gasteiger charge is -2.16. The minimum absolute atomic E-state index is 0.162. The van der Waals surface area contributed by atoms with E-state index in [0.717, 1.165) is 19.3 Å². The first-order valence-corrected chi connectivity index (χ1v) is 10.5. The molecule has 0 saturated heterocycles. The topological polar surface area (TPSA) is 87.0 Å². The van der Waals surface area contributed by atoms with Gasteiger partial charge in [-0.1, -0.05) is 66.8 Å². The maximum atomic E-state index is 11.8. The Morgan fingerprint density at radius 1 is 0.967 bits per heavy atom. The van der Waals surface area contributed by atoms with Crippen molar-refractivity contribution in [2.75, 3.05) is 0 Å². The van der Waals surface area contributed by atoms with Gasteiger partial charge in [-0.3, -0.25) is 0 Å². The number of rotatable bonds is 0. The van der Waals surface area contributed by atoms with Gasteiger partial charge in [-0.25, -0.2) is 4.79 Å². The Balaban J connectivity index is 2.12. The Morgan fingerprint density at radius 3 is 2.50 bits per heavy atom. The largest absolute Gasteiger partial charge is 0.460 e. The molecule has 0 radical (unpaired) electrons. The molecule has 3 N–H and O–H groups in total. The van der Waals surface area contributed by atoms with Gasteiger partial charge in [0, 0.05) is 12.5 Å². The molecule has 0 amide bonds. The zero-order chi connectivity index (χ0) is 21.8. The quantitative estimate of drug-likeness (QED) is 0.555. The summed E-state index contributed by atoms with van der Waals surface area (Å²) in [6.07, 6.45) is 14.3. The Bertz CT molecular complexity index is 777. The van der Waals surface area contributed by atoms with Crippen molar-refractivity contribution in [2.24, 2.45) is 0 Å². The lowest BCUT2D eigenvalue weighted by Crippen LogP contribution is -2.12. The van der Waals surface area contributed by atoms with Crippen LogP contribution >= 0.6 is 0 Å². The minimum atomic E-state index is -0.829. The summed E-state index contributed by atoms with van der Waals surface area (Å²) in [5, 5.41) is 31.0. The van der Waals surface area contributed by atoms with Gasteiger partial charge in [0.15, 0.2) is 0 Å². The fourth-order valence-electron chi connectivity index (χ4n) is 3.16. The van der Waals surface area contributed by atoms with Crippen LogP contribution in [0, 0.1) is 0 Å². The molecule has 1 aromatic carbocycles. The number of hydrogen-bond donors (Lipinski definition) is 3. The standard InChI is InChI=1S/C25H32O5/c1-19-11-6-3-2-4-7-14-22(26)18-24(28)21-13-10-12-20(17-21)23(27)15-8-5-9-16-25(29)30-19/h2,4-5,7-10,12-14,16-17,19,22-24,26-28H,3,6,11,15,18H2,1H3/b4-2+,8-5+,14-7+,16-9+/t19?,22-,23-,24+/m0/s1. The maximum Gasteiger partial charge on any atom is 0.331 e. The van der Waals surface area contributed by atoms with Crippen LogP contribution in [0.2, 0.25) is 0 Å². The van der Waals surface area contributed by atoms with E-state index in [9.17, 15) is 20.1 Å². The lowest BCUT2D eigenvalue weighted by atomic mass is 9.98. The van der Waals surface area contributed by atoms with Gasteiger partial charge in [0.2, 0.25) is 0 Å². The fourth-order valence-corrected chi connectivity index (χ4v) is 3.16. The van der Waals surface area contributed by atoms with Gasteiger partial charge in [0.25, 0.3) is 0 Å². The fraction of sp³-hybridized carbons (Fsp3) is 0.400. The number of ether oxygens (including phenoxy) is 1. The number of carbonyl (C=O) groups excluding carboxylic acids is 1. The molecule has 1 unspecified atom stereocenters. The van der Waals surface area contributed by atoms with Crippen molar-refractivity contribution in [1.29, 1.82) is 0 Å². The van der Waals surface area contributed by atoms with Crippen LogP contribution < -0.4 is 0 Å². The summed E-state index contributed by atoms with van der Waals surface area (Å²) < 4.78 is 5.33. The van der Waals surface area contributed by atoms with E-state index in [4.69, 9.17) is 4.74 Å². The third kappa shape index (κ3) is 8.91. The SMILES string of the molecule is CC1CCC/C=C/C=C/[C@H](O)C[C@@H](O)c2cccc(c2)[C@@H](O)C/C=C/C=C/C(=O)O1. The van der Waals surface area contributed by atoms with Crippen molar-refractivity contribution in [3.8, 4) is 0 Å². The summed E-state index contributed by atoms with van der Waals surface area (Å²) in [4.78, 5) is 11.8. The number of allylic oxidation sites excluding steroid dienone is 5. The molecule has 30 heavy (non-hydrogen) atoms. The van der Waals surface area contributed by atoms with Crippen molar-refractivity contribution in [1.82, 2.24) is 0 Å². The summed E-state index contributed by atoms with van der Waals surface area (Å²) in [6, 6.07) is 7.10. The molecule has 0 fully saturated rings. The van der Waals surface area contributed by atoms with Gasteiger partial charge >= 0.3 is 5.97 Å². The van der Waals surface area contributed by atoms with Crippen molar-refractivity contribution in [3.05, 3.63) is 84.0 Å². The smallest absolute Gasteiger partial charge is 0.331 e. The van der Waals surface area contributed by atoms with Crippen LogP contribution in [0.25, 0.3) is 0 Å². The van der Waals surface area contributed by atoms with E-state index in [-0.39, 0.29) is 18.5 Å². The highest BCUT2D eigenvalue weighted by molar-refractivity contribution is 5.82. The average molecular weight is 413 g/mol. The summed E-state index contributed by atoms with van der Waals surface area (Å²) in [7, 11) is 0. The number of aliphatic hydroxyl groups excluding tert-OH is 3. The predicted molar refractivity (Wildman–Crippen MR) is 118 cm³/mol. The Kier molecular flexibility index (Phi) is 10.3. The summed E-state index contributed by atoms with van der Waals surface area (Å²) in [6.45, 7) is 1.87. The molecule has 4 atom stereocenters. The van der Waals surface area contributed by atoms with Crippen molar-refractivity contribution < 1.29 is 24.9 Å². The number of fused-ring (bicyclic) bond motifs is 2. The number of benzene rings is 1. The molecule has 162 valence electrons. The molecule has 0 saturated carbocycles. The highest BCUT2D eigenvalue weighted by Gasteiger charge is 2.14. The van der Waals surface area contributed by atoms with E-state index in [1.165, 1.54) is 6.08 Å². The summed E-state index contributed by atoms with van der Waals surface area (Å²) >= 11 is 0. The number of carbonyl (C=O) groups is 1. The maximum absolute atomic E-state index is 11.8. The first-order valence-electron chi connectivity index (χ1n) is 10.5. The number of aliphatic hydroxyl groups is 3. The Labute approximate surface area is 178 Å². The van der Waals surface area contributed by atoms with Gasteiger partial charge in [-0.2, -0.15) is 0 Å². The van der Waals surface area contributed by atoms with Gasteiger partial charge in [0.1, 0.15) is 0 Å². The molecule has 1 aliphatic rings. The normalized spacial score (nSPS) is 31.4. The third-order valence-electron chi connectivity index (χ3n) is 4.86. The summed E-state index contributed by atoms with van der Waals surface area (Å²) in [5.74, 6) is -0.385. The molecule has 2 bridgehead atoms. The Hall–Kier alpha value is -2.47. The van der Waals surface area contributed by atoms with E-state index in [1.54, 1.807) is 54.6 Å². The first kappa shape index (κ1) is 23.8. The molecular weight excluding hydrogens is 380 g/mol. The second-order valence-corrected chi connectivity index (χ2v) is 7.52. The van der Waals surface area contributed by atoms with Gasteiger partial charge < -0.3 is 20.1 Å². The van der Waals surface area contributed by atoms with Crippen LogP contribution in [0.5, 0.6) is 0 Å². The summed E-state index contributed by atoms with van der Waals surface area (Å²) in [5.41, 5.74) is 1.33. The highest BCUT2D eigenvalue weighted by atomic mass is 16.5. The average Bonchev–Trinajstić information content (AvgIpc) is 2.72. The molecular formula is C25H32O5.